The summed E-state index contributed by atoms with van der Waals surface area (Å²) in [7, 11) is 0. The zero-order valence-corrected chi connectivity index (χ0v) is 16.7. The van der Waals surface area contributed by atoms with Crippen LogP contribution in [0.15, 0.2) is 72.8 Å². The molecule has 5 nitrogen and oxygen atoms in total. The van der Waals surface area contributed by atoms with Gasteiger partial charge in [-0.05, 0) is 49.2 Å². The summed E-state index contributed by atoms with van der Waals surface area (Å²) in [5.41, 5.74) is 2.60. The van der Waals surface area contributed by atoms with Crippen molar-refractivity contribution in [2.75, 3.05) is 25.1 Å². The predicted molar refractivity (Wildman–Crippen MR) is 114 cm³/mol. The van der Waals surface area contributed by atoms with E-state index in [4.69, 9.17) is 14.2 Å². The van der Waals surface area contributed by atoms with Crippen molar-refractivity contribution in [2.45, 2.75) is 13.8 Å². The SMILES string of the molecule is Cc1cccc(C)c1OCC(=O)Nc1ccccc1OCCOc1ccccc1. The van der Waals surface area contributed by atoms with E-state index in [0.717, 1.165) is 22.6 Å². The number of hydrogen-bond acceptors (Lipinski definition) is 4. The van der Waals surface area contributed by atoms with E-state index in [1.165, 1.54) is 0 Å². The van der Waals surface area contributed by atoms with Gasteiger partial charge in [-0.3, -0.25) is 4.79 Å². The number of nitrogens with one attached hydrogen (secondary N) is 1. The molecule has 0 spiro atoms. The number of ether oxygens (including phenoxy) is 3. The lowest BCUT2D eigenvalue weighted by Gasteiger charge is -2.14. The maximum atomic E-state index is 12.4. The Labute approximate surface area is 171 Å². The summed E-state index contributed by atoms with van der Waals surface area (Å²) < 4.78 is 17.1. The summed E-state index contributed by atoms with van der Waals surface area (Å²) >= 11 is 0. The number of amides is 1. The van der Waals surface area contributed by atoms with E-state index in [9.17, 15) is 4.79 Å². The van der Waals surface area contributed by atoms with Crippen molar-refractivity contribution in [3.63, 3.8) is 0 Å². The van der Waals surface area contributed by atoms with Crippen molar-refractivity contribution in [2.24, 2.45) is 0 Å². The third kappa shape index (κ3) is 6.01. The summed E-state index contributed by atoms with van der Waals surface area (Å²) in [5.74, 6) is 1.88. The van der Waals surface area contributed by atoms with Crippen LogP contribution in [0.4, 0.5) is 5.69 Å². The molecule has 1 amide bonds. The number of para-hydroxylation sites is 4. The van der Waals surface area contributed by atoms with Gasteiger partial charge in [-0.1, -0.05) is 48.5 Å². The van der Waals surface area contributed by atoms with Gasteiger partial charge in [-0.25, -0.2) is 0 Å². The molecule has 0 aliphatic carbocycles. The first-order valence-corrected chi connectivity index (χ1v) is 9.52. The van der Waals surface area contributed by atoms with Gasteiger partial charge < -0.3 is 19.5 Å². The van der Waals surface area contributed by atoms with Crippen LogP contribution in [-0.2, 0) is 4.79 Å². The van der Waals surface area contributed by atoms with Crippen molar-refractivity contribution in [3.8, 4) is 17.2 Å². The zero-order chi connectivity index (χ0) is 20.5. The number of rotatable bonds is 9. The van der Waals surface area contributed by atoms with E-state index in [2.05, 4.69) is 5.32 Å². The lowest BCUT2D eigenvalue weighted by atomic mass is 10.1. The highest BCUT2D eigenvalue weighted by Gasteiger charge is 2.10. The molecule has 0 aliphatic rings. The van der Waals surface area contributed by atoms with Gasteiger partial charge >= 0.3 is 0 Å². The summed E-state index contributed by atoms with van der Waals surface area (Å²) in [6.45, 7) is 4.61. The molecule has 0 saturated carbocycles. The van der Waals surface area contributed by atoms with Crippen LogP contribution in [0.2, 0.25) is 0 Å². The fraction of sp³-hybridized carbons (Fsp3) is 0.208. The molecule has 29 heavy (non-hydrogen) atoms. The van der Waals surface area contributed by atoms with Crippen molar-refractivity contribution < 1.29 is 19.0 Å². The average Bonchev–Trinajstić information content (AvgIpc) is 2.73. The Morgan fingerprint density at radius 3 is 2.17 bits per heavy atom. The van der Waals surface area contributed by atoms with Gasteiger partial charge in [-0.2, -0.15) is 0 Å². The third-order valence-electron chi connectivity index (χ3n) is 4.27. The Morgan fingerprint density at radius 2 is 1.41 bits per heavy atom. The van der Waals surface area contributed by atoms with E-state index >= 15 is 0 Å². The fourth-order valence-corrected chi connectivity index (χ4v) is 2.87. The van der Waals surface area contributed by atoms with Crippen LogP contribution < -0.4 is 19.5 Å². The minimum absolute atomic E-state index is 0.0723. The molecule has 3 aromatic carbocycles. The Balaban J connectivity index is 1.51. The molecule has 1 N–H and O–H groups in total. The van der Waals surface area contributed by atoms with Gasteiger partial charge in [-0.15, -0.1) is 0 Å². The molecular weight excluding hydrogens is 366 g/mol. The van der Waals surface area contributed by atoms with Gasteiger partial charge in [0.25, 0.3) is 5.91 Å². The largest absolute Gasteiger partial charge is 0.490 e. The summed E-state index contributed by atoms with van der Waals surface area (Å²) in [6, 6.07) is 22.7. The fourth-order valence-electron chi connectivity index (χ4n) is 2.87. The highest BCUT2D eigenvalue weighted by molar-refractivity contribution is 5.93. The van der Waals surface area contributed by atoms with E-state index in [0.29, 0.717) is 24.7 Å². The molecule has 0 aliphatic heterocycles. The third-order valence-corrected chi connectivity index (χ3v) is 4.27. The van der Waals surface area contributed by atoms with Crippen molar-refractivity contribution in [3.05, 3.63) is 83.9 Å². The molecule has 3 aromatic rings. The van der Waals surface area contributed by atoms with E-state index in [1.54, 1.807) is 6.07 Å². The molecule has 0 radical (unpaired) electrons. The first-order chi connectivity index (χ1) is 14.1. The number of aryl methyl sites for hydroxylation is 2. The Kier molecular flexibility index (Phi) is 7.11. The molecule has 0 aromatic heterocycles. The van der Waals surface area contributed by atoms with Crippen molar-refractivity contribution >= 4 is 11.6 Å². The maximum absolute atomic E-state index is 12.4. The highest BCUT2D eigenvalue weighted by atomic mass is 16.5. The number of hydrogen-bond donors (Lipinski definition) is 1. The van der Waals surface area contributed by atoms with Crippen LogP contribution >= 0.6 is 0 Å². The number of anilines is 1. The minimum Gasteiger partial charge on any atom is -0.490 e. The lowest BCUT2D eigenvalue weighted by Crippen LogP contribution is -2.21. The normalized spacial score (nSPS) is 10.3. The van der Waals surface area contributed by atoms with E-state index in [1.807, 2.05) is 80.6 Å². The van der Waals surface area contributed by atoms with Crippen LogP contribution in [-0.4, -0.2) is 25.7 Å². The summed E-state index contributed by atoms with van der Waals surface area (Å²) in [4.78, 5) is 12.4. The second-order valence-corrected chi connectivity index (χ2v) is 6.56. The van der Waals surface area contributed by atoms with Gasteiger partial charge in [0.15, 0.2) is 6.61 Å². The van der Waals surface area contributed by atoms with Gasteiger partial charge in [0.2, 0.25) is 0 Å². The number of benzene rings is 3. The van der Waals surface area contributed by atoms with Crippen LogP contribution in [0.3, 0.4) is 0 Å². The molecule has 0 atom stereocenters. The Hall–Kier alpha value is -3.47. The summed E-state index contributed by atoms with van der Waals surface area (Å²) in [6.07, 6.45) is 0. The van der Waals surface area contributed by atoms with Crippen LogP contribution in [0.5, 0.6) is 17.2 Å². The van der Waals surface area contributed by atoms with Crippen molar-refractivity contribution in [1.29, 1.82) is 0 Å². The van der Waals surface area contributed by atoms with Crippen LogP contribution in [0.25, 0.3) is 0 Å². The molecular formula is C24H25NO4. The predicted octanol–water partition coefficient (Wildman–Crippen LogP) is 4.78. The molecule has 0 bridgehead atoms. The first-order valence-electron chi connectivity index (χ1n) is 9.52. The first kappa shape index (κ1) is 20.3. The molecule has 5 heteroatoms. The number of carbonyl (C=O) groups excluding carboxylic acids is 1. The lowest BCUT2D eigenvalue weighted by molar-refractivity contribution is -0.118. The molecule has 0 heterocycles. The van der Waals surface area contributed by atoms with Gasteiger partial charge in [0, 0.05) is 0 Å². The minimum atomic E-state index is -0.246. The van der Waals surface area contributed by atoms with Crippen LogP contribution in [0.1, 0.15) is 11.1 Å². The van der Waals surface area contributed by atoms with Crippen LogP contribution in [0, 0.1) is 13.8 Å². The maximum Gasteiger partial charge on any atom is 0.262 e. The monoisotopic (exact) mass is 391 g/mol. The second kappa shape index (κ2) is 10.2. The Bertz CT molecular complexity index is 920. The molecule has 3 rings (SSSR count). The molecule has 0 saturated heterocycles. The number of carbonyl (C=O) groups is 1. The standard InChI is InChI=1S/C24H25NO4/c1-18-9-8-10-19(2)24(18)29-17-23(26)25-21-13-6-7-14-22(21)28-16-15-27-20-11-4-3-5-12-20/h3-14H,15-17H2,1-2H3,(H,25,26). The smallest absolute Gasteiger partial charge is 0.262 e. The molecule has 0 unspecified atom stereocenters. The summed E-state index contributed by atoms with van der Waals surface area (Å²) in [5, 5.41) is 2.85. The molecule has 150 valence electrons. The topological polar surface area (TPSA) is 56.8 Å². The van der Waals surface area contributed by atoms with Gasteiger partial charge in [0.1, 0.15) is 30.5 Å². The van der Waals surface area contributed by atoms with E-state index < -0.39 is 0 Å². The highest BCUT2D eigenvalue weighted by Crippen LogP contribution is 2.25. The average molecular weight is 391 g/mol. The van der Waals surface area contributed by atoms with E-state index in [-0.39, 0.29) is 12.5 Å². The second-order valence-electron chi connectivity index (χ2n) is 6.56. The Morgan fingerprint density at radius 1 is 0.759 bits per heavy atom. The quantitative estimate of drug-likeness (QED) is 0.534. The van der Waals surface area contributed by atoms with Gasteiger partial charge in [0.05, 0.1) is 5.69 Å². The van der Waals surface area contributed by atoms with Crippen molar-refractivity contribution in [1.82, 2.24) is 0 Å². The zero-order valence-electron chi connectivity index (χ0n) is 16.7. The molecule has 0 fully saturated rings.